The van der Waals surface area contributed by atoms with Crippen LogP contribution in [-0.4, -0.2) is 40.6 Å². The molecule has 1 unspecified atom stereocenters. The summed E-state index contributed by atoms with van der Waals surface area (Å²) in [5.41, 5.74) is 2.72. The van der Waals surface area contributed by atoms with Crippen LogP contribution in [0.4, 0.5) is 0 Å². The summed E-state index contributed by atoms with van der Waals surface area (Å²) >= 11 is 0. The highest BCUT2D eigenvalue weighted by atomic mass is 16.3. The highest BCUT2D eigenvalue weighted by Crippen LogP contribution is 2.32. The van der Waals surface area contributed by atoms with Crippen LogP contribution >= 0.6 is 0 Å². The number of nitrogens with one attached hydrogen (secondary N) is 1. The average molecular weight is 272 g/mol. The number of hydrogen-bond donors (Lipinski definition) is 2. The first-order chi connectivity index (χ1) is 9.54. The number of fused-ring (bicyclic) bond motifs is 1. The van der Waals surface area contributed by atoms with Crippen molar-refractivity contribution in [3.63, 3.8) is 0 Å². The quantitative estimate of drug-likeness (QED) is 0.897. The number of aliphatic hydroxyl groups excluding tert-OH is 1. The van der Waals surface area contributed by atoms with Crippen LogP contribution in [0.2, 0.25) is 0 Å². The van der Waals surface area contributed by atoms with Gasteiger partial charge in [0.15, 0.2) is 0 Å². The molecule has 4 heteroatoms. The van der Waals surface area contributed by atoms with E-state index in [1.54, 1.807) is 11.9 Å². The second-order valence-corrected chi connectivity index (χ2v) is 5.86. The van der Waals surface area contributed by atoms with E-state index in [2.05, 4.69) is 4.98 Å². The van der Waals surface area contributed by atoms with Crippen LogP contribution in [-0.2, 0) is 0 Å². The Morgan fingerprint density at radius 2 is 2.20 bits per heavy atom. The number of carbonyl (C=O) groups is 1. The fraction of sp³-hybridized carbons (Fsp3) is 0.438. The van der Waals surface area contributed by atoms with Crippen molar-refractivity contribution in [3.8, 4) is 0 Å². The Labute approximate surface area is 118 Å². The minimum Gasteiger partial charge on any atom is -0.391 e. The first-order valence-corrected chi connectivity index (χ1v) is 7.07. The Morgan fingerprint density at radius 1 is 1.45 bits per heavy atom. The van der Waals surface area contributed by atoms with Gasteiger partial charge in [-0.2, -0.15) is 0 Å². The molecule has 2 aromatic rings. The molecule has 0 bridgehead atoms. The maximum atomic E-state index is 12.4. The van der Waals surface area contributed by atoms with Crippen molar-refractivity contribution < 1.29 is 9.90 Å². The molecule has 2 N–H and O–H groups in total. The predicted molar refractivity (Wildman–Crippen MR) is 78.7 cm³/mol. The molecule has 3 rings (SSSR count). The van der Waals surface area contributed by atoms with Gasteiger partial charge < -0.3 is 15.0 Å². The summed E-state index contributed by atoms with van der Waals surface area (Å²) in [5, 5.41) is 11.0. The van der Waals surface area contributed by atoms with Gasteiger partial charge in [-0.15, -0.1) is 0 Å². The van der Waals surface area contributed by atoms with Gasteiger partial charge in [-0.05, 0) is 43.4 Å². The van der Waals surface area contributed by atoms with Crippen molar-refractivity contribution in [1.29, 1.82) is 0 Å². The summed E-state index contributed by atoms with van der Waals surface area (Å²) in [6.45, 7) is 2.43. The standard InChI is InChI=1S/C16H20N2O2/c1-10-3-4-12-8-14(17-13(12)7-10)16(20)18(2)9-15(19)11-5-6-11/h3-4,7-8,11,15,17,19H,5-6,9H2,1-2H3. The molecule has 1 fully saturated rings. The fourth-order valence-electron chi connectivity index (χ4n) is 2.56. The zero-order chi connectivity index (χ0) is 14.3. The van der Waals surface area contributed by atoms with Crippen LogP contribution in [0.1, 0.15) is 28.9 Å². The van der Waals surface area contributed by atoms with Gasteiger partial charge in [0.1, 0.15) is 5.69 Å². The number of H-pyrrole nitrogens is 1. The van der Waals surface area contributed by atoms with Gasteiger partial charge >= 0.3 is 0 Å². The number of aliphatic hydroxyl groups is 1. The molecule has 4 nitrogen and oxygen atoms in total. The molecule has 1 atom stereocenters. The second-order valence-electron chi connectivity index (χ2n) is 5.86. The molecular formula is C16H20N2O2. The fourth-order valence-corrected chi connectivity index (χ4v) is 2.56. The molecular weight excluding hydrogens is 252 g/mol. The van der Waals surface area contributed by atoms with Gasteiger partial charge in [0.05, 0.1) is 6.10 Å². The van der Waals surface area contributed by atoms with Crippen molar-refractivity contribution in [3.05, 3.63) is 35.5 Å². The van der Waals surface area contributed by atoms with Crippen molar-refractivity contribution in [2.75, 3.05) is 13.6 Å². The summed E-state index contributed by atoms with van der Waals surface area (Å²) in [6, 6.07) is 7.95. The molecule has 1 amide bonds. The summed E-state index contributed by atoms with van der Waals surface area (Å²) in [5.74, 6) is 0.314. The normalized spacial score (nSPS) is 16.4. The smallest absolute Gasteiger partial charge is 0.270 e. The number of aryl methyl sites for hydroxylation is 1. The third kappa shape index (κ3) is 2.56. The maximum Gasteiger partial charge on any atom is 0.270 e. The number of hydrogen-bond acceptors (Lipinski definition) is 2. The third-order valence-electron chi connectivity index (χ3n) is 3.98. The van der Waals surface area contributed by atoms with Gasteiger partial charge in [-0.25, -0.2) is 0 Å². The largest absolute Gasteiger partial charge is 0.391 e. The Morgan fingerprint density at radius 3 is 2.90 bits per heavy atom. The van der Waals surface area contributed by atoms with Crippen LogP contribution in [0.15, 0.2) is 24.3 Å². The van der Waals surface area contributed by atoms with Crippen LogP contribution < -0.4 is 0 Å². The zero-order valence-corrected chi connectivity index (χ0v) is 11.9. The lowest BCUT2D eigenvalue weighted by Gasteiger charge is -2.20. The SMILES string of the molecule is Cc1ccc2cc(C(=O)N(C)CC(O)C3CC3)[nH]c2c1. The topological polar surface area (TPSA) is 56.3 Å². The van der Waals surface area contributed by atoms with Crippen LogP contribution in [0.5, 0.6) is 0 Å². The van der Waals surface area contributed by atoms with Crippen LogP contribution in [0, 0.1) is 12.8 Å². The molecule has 1 aromatic heterocycles. The molecule has 106 valence electrons. The lowest BCUT2D eigenvalue weighted by atomic mass is 10.2. The number of nitrogens with zero attached hydrogens (tertiary/aromatic N) is 1. The molecule has 0 aliphatic heterocycles. The summed E-state index contributed by atoms with van der Waals surface area (Å²) < 4.78 is 0. The third-order valence-corrected chi connectivity index (χ3v) is 3.98. The van der Waals surface area contributed by atoms with Gasteiger partial charge in [0.25, 0.3) is 5.91 Å². The number of carbonyl (C=O) groups excluding carboxylic acids is 1. The van der Waals surface area contributed by atoms with E-state index in [1.165, 1.54) is 0 Å². The lowest BCUT2D eigenvalue weighted by Crippen LogP contribution is -2.35. The zero-order valence-electron chi connectivity index (χ0n) is 11.9. The minimum atomic E-state index is -0.393. The number of aromatic nitrogens is 1. The highest BCUT2D eigenvalue weighted by Gasteiger charge is 2.31. The van der Waals surface area contributed by atoms with E-state index in [4.69, 9.17) is 0 Å². The molecule has 1 aromatic carbocycles. The monoisotopic (exact) mass is 272 g/mol. The molecule has 1 heterocycles. The van der Waals surface area contributed by atoms with E-state index in [0.717, 1.165) is 29.3 Å². The van der Waals surface area contributed by atoms with Gasteiger partial charge in [-0.1, -0.05) is 12.1 Å². The van der Waals surface area contributed by atoms with Crippen molar-refractivity contribution in [2.24, 2.45) is 5.92 Å². The summed E-state index contributed by atoms with van der Waals surface area (Å²) in [7, 11) is 1.74. The minimum absolute atomic E-state index is 0.0708. The molecule has 0 radical (unpaired) electrons. The molecule has 1 saturated carbocycles. The summed E-state index contributed by atoms with van der Waals surface area (Å²) in [4.78, 5) is 17.1. The molecule has 1 aliphatic carbocycles. The molecule has 1 aliphatic rings. The van der Waals surface area contributed by atoms with E-state index >= 15 is 0 Å². The Bertz CT molecular complexity index is 643. The Balaban J connectivity index is 1.76. The number of benzene rings is 1. The van der Waals surface area contributed by atoms with E-state index in [1.807, 2.05) is 31.2 Å². The second kappa shape index (κ2) is 4.94. The highest BCUT2D eigenvalue weighted by molar-refractivity contribution is 5.98. The van der Waals surface area contributed by atoms with Gasteiger partial charge in [-0.3, -0.25) is 4.79 Å². The molecule has 20 heavy (non-hydrogen) atoms. The first-order valence-electron chi connectivity index (χ1n) is 7.07. The van der Waals surface area contributed by atoms with Crippen molar-refractivity contribution in [2.45, 2.75) is 25.9 Å². The number of rotatable bonds is 4. The van der Waals surface area contributed by atoms with Crippen LogP contribution in [0.3, 0.4) is 0 Å². The van der Waals surface area contributed by atoms with Gasteiger partial charge in [0.2, 0.25) is 0 Å². The Kier molecular flexibility index (Phi) is 3.26. The van der Waals surface area contributed by atoms with E-state index in [9.17, 15) is 9.90 Å². The molecule has 0 saturated heterocycles. The van der Waals surface area contributed by atoms with Crippen LogP contribution in [0.25, 0.3) is 10.9 Å². The Hall–Kier alpha value is -1.81. The summed E-state index contributed by atoms with van der Waals surface area (Å²) in [6.07, 6.45) is 1.76. The molecule has 0 spiro atoms. The maximum absolute atomic E-state index is 12.4. The van der Waals surface area contributed by atoms with E-state index < -0.39 is 6.10 Å². The van der Waals surface area contributed by atoms with E-state index in [-0.39, 0.29) is 5.91 Å². The predicted octanol–water partition coefficient (Wildman–Crippen LogP) is 2.32. The lowest BCUT2D eigenvalue weighted by molar-refractivity contribution is 0.0641. The average Bonchev–Trinajstić information content (AvgIpc) is 3.18. The first kappa shape index (κ1) is 13.2. The van der Waals surface area contributed by atoms with Crippen molar-refractivity contribution >= 4 is 16.8 Å². The number of amides is 1. The number of likely N-dealkylation sites (N-methyl/N-ethyl adjacent to an activating group) is 1. The van der Waals surface area contributed by atoms with Crippen molar-refractivity contribution in [1.82, 2.24) is 9.88 Å². The van der Waals surface area contributed by atoms with Gasteiger partial charge in [0, 0.05) is 24.5 Å². The van der Waals surface area contributed by atoms with E-state index in [0.29, 0.717) is 18.2 Å². The number of aromatic amines is 1.